The highest BCUT2D eigenvalue weighted by molar-refractivity contribution is 5.79. The number of nitrogens with two attached hydrogens (primary N) is 1. The Kier molecular flexibility index (Phi) is 6.84. The third-order valence-corrected chi connectivity index (χ3v) is 4.24. The lowest BCUT2D eigenvalue weighted by atomic mass is 9.79. The largest absolute Gasteiger partial charge is 0.340 e. The standard InChI is InChI=1S/C16H32N2O/c1-5-6-7-8-18(12(2)3)16(19)14-9-13(4)10-15(17)11-14/h12-15H,5-11,17H2,1-4H3. The predicted octanol–water partition coefficient (Wildman–Crippen LogP) is 3.18. The van der Waals surface area contributed by atoms with Crippen LogP contribution < -0.4 is 5.73 Å². The zero-order chi connectivity index (χ0) is 14.4. The zero-order valence-corrected chi connectivity index (χ0v) is 13.2. The van der Waals surface area contributed by atoms with E-state index in [0.717, 1.165) is 32.2 Å². The molecular weight excluding hydrogens is 236 g/mol. The minimum Gasteiger partial charge on any atom is -0.340 e. The van der Waals surface area contributed by atoms with Gasteiger partial charge in [0.15, 0.2) is 0 Å². The van der Waals surface area contributed by atoms with E-state index in [4.69, 9.17) is 5.73 Å². The van der Waals surface area contributed by atoms with Gasteiger partial charge in [0.2, 0.25) is 5.91 Å². The number of hydrogen-bond acceptors (Lipinski definition) is 2. The fourth-order valence-electron chi connectivity index (χ4n) is 3.25. The Balaban J connectivity index is 2.59. The van der Waals surface area contributed by atoms with Crippen molar-refractivity contribution in [1.29, 1.82) is 0 Å². The van der Waals surface area contributed by atoms with Gasteiger partial charge in [-0.25, -0.2) is 0 Å². The number of nitrogens with zero attached hydrogens (tertiary/aromatic N) is 1. The maximum Gasteiger partial charge on any atom is 0.225 e. The van der Waals surface area contributed by atoms with Crippen molar-refractivity contribution in [2.75, 3.05) is 6.54 Å². The van der Waals surface area contributed by atoms with Crippen LogP contribution in [0.4, 0.5) is 0 Å². The molecule has 0 radical (unpaired) electrons. The van der Waals surface area contributed by atoms with Crippen LogP contribution >= 0.6 is 0 Å². The van der Waals surface area contributed by atoms with Crippen LogP contribution in [0.5, 0.6) is 0 Å². The van der Waals surface area contributed by atoms with Crippen LogP contribution in [0, 0.1) is 11.8 Å². The monoisotopic (exact) mass is 268 g/mol. The first-order chi connectivity index (χ1) is 8.95. The lowest BCUT2D eigenvalue weighted by molar-refractivity contribution is -0.139. The Morgan fingerprint density at radius 3 is 2.47 bits per heavy atom. The van der Waals surface area contributed by atoms with E-state index >= 15 is 0 Å². The van der Waals surface area contributed by atoms with Gasteiger partial charge in [0.25, 0.3) is 0 Å². The van der Waals surface area contributed by atoms with Crippen molar-refractivity contribution in [2.24, 2.45) is 17.6 Å². The Labute approximate surface area is 118 Å². The van der Waals surface area contributed by atoms with Crippen LogP contribution in [-0.2, 0) is 4.79 Å². The first-order valence-corrected chi connectivity index (χ1v) is 8.01. The maximum atomic E-state index is 12.7. The third-order valence-electron chi connectivity index (χ3n) is 4.24. The van der Waals surface area contributed by atoms with Gasteiger partial charge in [-0.1, -0.05) is 26.7 Å². The smallest absolute Gasteiger partial charge is 0.225 e. The summed E-state index contributed by atoms with van der Waals surface area (Å²) in [7, 11) is 0. The van der Waals surface area contributed by atoms with Crippen molar-refractivity contribution >= 4 is 5.91 Å². The summed E-state index contributed by atoms with van der Waals surface area (Å²) in [6, 6.07) is 0.514. The van der Waals surface area contributed by atoms with Gasteiger partial charge < -0.3 is 10.6 Å². The number of carbonyl (C=O) groups is 1. The second-order valence-electron chi connectivity index (χ2n) is 6.60. The highest BCUT2D eigenvalue weighted by Crippen LogP contribution is 2.30. The van der Waals surface area contributed by atoms with Crippen molar-refractivity contribution in [3.63, 3.8) is 0 Å². The Morgan fingerprint density at radius 2 is 1.95 bits per heavy atom. The summed E-state index contributed by atoms with van der Waals surface area (Å²) in [4.78, 5) is 14.8. The summed E-state index contributed by atoms with van der Waals surface area (Å²) in [5.41, 5.74) is 6.08. The third kappa shape index (κ3) is 5.13. The van der Waals surface area contributed by atoms with Crippen LogP contribution in [-0.4, -0.2) is 29.4 Å². The normalized spacial score (nSPS) is 27.6. The zero-order valence-electron chi connectivity index (χ0n) is 13.2. The Morgan fingerprint density at radius 1 is 1.26 bits per heavy atom. The van der Waals surface area contributed by atoms with Gasteiger partial charge in [-0.05, 0) is 45.4 Å². The summed E-state index contributed by atoms with van der Waals surface area (Å²) >= 11 is 0. The second kappa shape index (κ2) is 7.88. The van der Waals surface area contributed by atoms with E-state index in [1.807, 2.05) is 0 Å². The van der Waals surface area contributed by atoms with Gasteiger partial charge in [-0.2, -0.15) is 0 Å². The molecule has 0 aromatic rings. The van der Waals surface area contributed by atoms with E-state index < -0.39 is 0 Å². The van der Waals surface area contributed by atoms with Crippen molar-refractivity contribution in [3.05, 3.63) is 0 Å². The molecule has 1 saturated carbocycles. The lowest BCUT2D eigenvalue weighted by Crippen LogP contribution is -2.45. The molecule has 3 unspecified atom stereocenters. The minimum atomic E-state index is 0.155. The van der Waals surface area contributed by atoms with Crippen LogP contribution in [0.2, 0.25) is 0 Å². The molecule has 3 heteroatoms. The Bertz CT molecular complexity index is 268. The van der Waals surface area contributed by atoms with Gasteiger partial charge in [-0.3, -0.25) is 4.79 Å². The molecule has 1 amide bonds. The average Bonchev–Trinajstić information content (AvgIpc) is 2.32. The number of unbranched alkanes of at least 4 members (excludes halogenated alkanes) is 2. The molecule has 0 saturated heterocycles. The molecular formula is C16H32N2O. The van der Waals surface area contributed by atoms with Crippen molar-refractivity contribution < 1.29 is 4.79 Å². The molecule has 19 heavy (non-hydrogen) atoms. The molecule has 0 spiro atoms. The summed E-state index contributed by atoms with van der Waals surface area (Å²) in [5, 5.41) is 0. The van der Waals surface area contributed by atoms with Crippen LogP contribution in [0.15, 0.2) is 0 Å². The van der Waals surface area contributed by atoms with Gasteiger partial charge in [0, 0.05) is 24.5 Å². The fourth-order valence-corrected chi connectivity index (χ4v) is 3.25. The fraction of sp³-hybridized carbons (Fsp3) is 0.938. The molecule has 3 nitrogen and oxygen atoms in total. The van der Waals surface area contributed by atoms with Crippen molar-refractivity contribution in [1.82, 2.24) is 4.90 Å². The average molecular weight is 268 g/mol. The number of hydrogen-bond donors (Lipinski definition) is 1. The van der Waals surface area contributed by atoms with E-state index in [0.29, 0.717) is 17.9 Å². The van der Waals surface area contributed by atoms with Crippen LogP contribution in [0.1, 0.15) is 66.2 Å². The second-order valence-corrected chi connectivity index (χ2v) is 6.60. The molecule has 0 bridgehead atoms. The number of carbonyl (C=O) groups excluding carboxylic acids is 1. The van der Waals surface area contributed by atoms with Gasteiger partial charge >= 0.3 is 0 Å². The van der Waals surface area contributed by atoms with E-state index in [-0.39, 0.29) is 12.0 Å². The molecule has 1 aliphatic carbocycles. The van der Waals surface area contributed by atoms with E-state index in [9.17, 15) is 4.79 Å². The molecule has 1 aliphatic rings. The summed E-state index contributed by atoms with van der Waals surface area (Å²) < 4.78 is 0. The van der Waals surface area contributed by atoms with Crippen LogP contribution in [0.25, 0.3) is 0 Å². The minimum absolute atomic E-state index is 0.155. The molecule has 2 N–H and O–H groups in total. The van der Waals surface area contributed by atoms with Crippen molar-refractivity contribution in [2.45, 2.75) is 78.3 Å². The quantitative estimate of drug-likeness (QED) is 0.752. The molecule has 0 aromatic carbocycles. The SMILES string of the molecule is CCCCCN(C(=O)C1CC(C)CC(N)C1)C(C)C. The van der Waals surface area contributed by atoms with Crippen molar-refractivity contribution in [3.8, 4) is 0 Å². The molecule has 1 rings (SSSR count). The highest BCUT2D eigenvalue weighted by Gasteiger charge is 2.32. The number of amides is 1. The van der Waals surface area contributed by atoms with Crippen LogP contribution in [0.3, 0.4) is 0 Å². The summed E-state index contributed by atoms with van der Waals surface area (Å²) in [6.07, 6.45) is 6.49. The molecule has 3 atom stereocenters. The molecule has 0 aliphatic heterocycles. The van der Waals surface area contributed by atoms with Gasteiger partial charge in [-0.15, -0.1) is 0 Å². The van der Waals surface area contributed by atoms with Gasteiger partial charge in [0.05, 0.1) is 0 Å². The van der Waals surface area contributed by atoms with E-state index in [1.54, 1.807) is 0 Å². The first-order valence-electron chi connectivity index (χ1n) is 8.01. The van der Waals surface area contributed by atoms with E-state index in [1.165, 1.54) is 12.8 Å². The van der Waals surface area contributed by atoms with E-state index in [2.05, 4.69) is 32.6 Å². The number of rotatable bonds is 6. The van der Waals surface area contributed by atoms with Gasteiger partial charge in [0.1, 0.15) is 0 Å². The predicted molar refractivity (Wildman–Crippen MR) is 80.9 cm³/mol. The maximum absolute atomic E-state index is 12.7. The highest BCUT2D eigenvalue weighted by atomic mass is 16.2. The molecule has 1 fully saturated rings. The topological polar surface area (TPSA) is 46.3 Å². The summed E-state index contributed by atoms with van der Waals surface area (Å²) in [5.74, 6) is 1.08. The summed E-state index contributed by atoms with van der Waals surface area (Å²) in [6.45, 7) is 9.57. The lowest BCUT2D eigenvalue weighted by Gasteiger charge is -2.36. The molecule has 112 valence electrons. The first kappa shape index (κ1) is 16.5. The molecule has 0 aromatic heterocycles. The molecule has 0 heterocycles. The Hall–Kier alpha value is -0.570.